The topological polar surface area (TPSA) is 53.2 Å². The van der Waals surface area contributed by atoms with Crippen LogP contribution >= 0.6 is 23.8 Å². The van der Waals surface area contributed by atoms with Crippen molar-refractivity contribution in [1.29, 1.82) is 0 Å². The molecule has 0 fully saturated rings. The molecular formula is C18H20ClN3OS. The number of benzene rings is 2. The molecule has 2 aromatic carbocycles. The van der Waals surface area contributed by atoms with E-state index in [1.807, 2.05) is 49.4 Å². The second-order valence-electron chi connectivity index (χ2n) is 5.28. The van der Waals surface area contributed by atoms with Gasteiger partial charge in [-0.15, -0.1) is 0 Å². The summed E-state index contributed by atoms with van der Waals surface area (Å²) in [7, 11) is 0. The maximum Gasteiger partial charge on any atom is 0.243 e. The normalized spacial score (nSPS) is 10.1. The van der Waals surface area contributed by atoms with Crippen LogP contribution in [-0.2, 0) is 11.2 Å². The molecule has 0 saturated heterocycles. The van der Waals surface area contributed by atoms with E-state index in [1.165, 1.54) is 0 Å². The van der Waals surface area contributed by atoms with Gasteiger partial charge in [-0.05, 0) is 54.9 Å². The van der Waals surface area contributed by atoms with Gasteiger partial charge in [0, 0.05) is 16.4 Å². The maximum atomic E-state index is 12.1. The Morgan fingerprint density at radius 2 is 1.79 bits per heavy atom. The van der Waals surface area contributed by atoms with Gasteiger partial charge in [-0.25, -0.2) is 0 Å². The number of nitrogens with one attached hydrogen (secondary N) is 3. The number of amides is 1. The number of hydrogen-bond donors (Lipinski definition) is 3. The van der Waals surface area contributed by atoms with Crippen LogP contribution in [0.3, 0.4) is 0 Å². The zero-order chi connectivity index (χ0) is 17.5. The molecule has 6 heteroatoms. The predicted molar refractivity (Wildman–Crippen MR) is 105 cm³/mol. The summed E-state index contributed by atoms with van der Waals surface area (Å²) in [6.07, 6.45) is 0.859. The highest BCUT2D eigenvalue weighted by Gasteiger charge is 2.08. The van der Waals surface area contributed by atoms with Crippen molar-refractivity contribution in [2.24, 2.45) is 0 Å². The first kappa shape index (κ1) is 18.2. The van der Waals surface area contributed by atoms with Gasteiger partial charge in [-0.3, -0.25) is 4.79 Å². The van der Waals surface area contributed by atoms with Gasteiger partial charge in [0.15, 0.2) is 5.11 Å². The molecular weight excluding hydrogens is 342 g/mol. The summed E-state index contributed by atoms with van der Waals surface area (Å²) < 4.78 is 0. The summed E-state index contributed by atoms with van der Waals surface area (Å²) in [6, 6.07) is 13.3. The molecule has 0 aromatic heterocycles. The third-order valence-corrected chi connectivity index (χ3v) is 4.25. The second kappa shape index (κ2) is 8.66. The van der Waals surface area contributed by atoms with Crippen LogP contribution in [0.25, 0.3) is 0 Å². The fraction of sp³-hybridized carbons (Fsp3) is 0.222. The fourth-order valence-corrected chi connectivity index (χ4v) is 2.57. The molecule has 0 aliphatic heterocycles. The number of aryl methyl sites for hydroxylation is 1. The van der Waals surface area contributed by atoms with Crippen molar-refractivity contribution in [2.45, 2.75) is 20.3 Å². The molecule has 0 aliphatic carbocycles. The van der Waals surface area contributed by atoms with Crippen molar-refractivity contribution < 1.29 is 4.79 Å². The molecule has 2 aromatic rings. The summed E-state index contributed by atoms with van der Waals surface area (Å²) >= 11 is 11.3. The van der Waals surface area contributed by atoms with E-state index in [9.17, 15) is 4.79 Å². The Labute approximate surface area is 152 Å². The van der Waals surface area contributed by atoms with Crippen LogP contribution in [0.2, 0.25) is 5.02 Å². The molecule has 0 heterocycles. The molecule has 126 valence electrons. The molecule has 0 spiro atoms. The van der Waals surface area contributed by atoms with E-state index < -0.39 is 0 Å². The summed E-state index contributed by atoms with van der Waals surface area (Å²) in [5, 5.41) is 9.88. The van der Waals surface area contributed by atoms with E-state index in [1.54, 1.807) is 0 Å². The van der Waals surface area contributed by atoms with Crippen molar-refractivity contribution >= 4 is 46.2 Å². The summed E-state index contributed by atoms with van der Waals surface area (Å²) in [5.41, 5.74) is 3.65. The van der Waals surface area contributed by atoms with E-state index >= 15 is 0 Å². The number of hydrogen-bond acceptors (Lipinski definition) is 2. The van der Waals surface area contributed by atoms with Gasteiger partial charge >= 0.3 is 0 Å². The Bertz CT molecular complexity index is 749. The highest BCUT2D eigenvalue weighted by atomic mass is 35.5. The molecule has 4 nitrogen and oxygen atoms in total. The molecule has 0 radical (unpaired) electrons. The van der Waals surface area contributed by atoms with Crippen molar-refractivity contribution in [3.63, 3.8) is 0 Å². The van der Waals surface area contributed by atoms with Gasteiger partial charge in [0.25, 0.3) is 0 Å². The number of para-hydroxylation sites is 1. The minimum absolute atomic E-state index is 0.0868. The van der Waals surface area contributed by atoms with Crippen molar-refractivity contribution in [2.75, 3.05) is 17.2 Å². The van der Waals surface area contributed by atoms with E-state index in [4.69, 9.17) is 23.8 Å². The quantitative estimate of drug-likeness (QED) is 0.701. The zero-order valence-electron chi connectivity index (χ0n) is 13.7. The van der Waals surface area contributed by atoms with Crippen LogP contribution in [0.15, 0.2) is 42.5 Å². The number of halogens is 1. The molecule has 0 atom stereocenters. The highest BCUT2D eigenvalue weighted by molar-refractivity contribution is 7.80. The van der Waals surface area contributed by atoms with Gasteiger partial charge in [0.05, 0.1) is 6.54 Å². The largest absolute Gasteiger partial charge is 0.353 e. The minimum atomic E-state index is -0.150. The predicted octanol–water partition coefficient (Wildman–Crippen LogP) is 4.14. The Morgan fingerprint density at radius 3 is 2.54 bits per heavy atom. The standard InChI is InChI=1S/C18H20ClN3OS/c1-3-13-7-4-5-9-16(13)21-17(23)11-20-18(24)22-15-10-6-8-14(19)12(15)2/h4-10H,3,11H2,1-2H3,(H,21,23)(H2,20,22,24). The van der Waals surface area contributed by atoms with Crippen molar-refractivity contribution in [1.82, 2.24) is 5.32 Å². The average Bonchev–Trinajstić information content (AvgIpc) is 2.58. The van der Waals surface area contributed by atoms with E-state index in [0.717, 1.165) is 28.9 Å². The van der Waals surface area contributed by atoms with E-state index in [2.05, 4.69) is 22.9 Å². The summed E-state index contributed by atoms with van der Waals surface area (Å²) in [5.74, 6) is -0.150. The number of thiocarbonyl (C=S) groups is 1. The average molecular weight is 362 g/mol. The maximum absolute atomic E-state index is 12.1. The first-order valence-corrected chi connectivity index (χ1v) is 8.47. The molecule has 0 bridgehead atoms. The number of rotatable bonds is 5. The lowest BCUT2D eigenvalue weighted by Crippen LogP contribution is -2.35. The SMILES string of the molecule is CCc1ccccc1NC(=O)CNC(=S)Nc1cccc(Cl)c1C. The molecule has 3 N–H and O–H groups in total. The molecule has 2 rings (SSSR count). The van der Waals surface area contributed by atoms with E-state index in [-0.39, 0.29) is 12.5 Å². The van der Waals surface area contributed by atoms with Gasteiger partial charge in [0.1, 0.15) is 0 Å². The Morgan fingerprint density at radius 1 is 1.08 bits per heavy atom. The van der Waals surface area contributed by atoms with Crippen LogP contribution < -0.4 is 16.0 Å². The molecule has 1 amide bonds. The lowest BCUT2D eigenvalue weighted by atomic mass is 10.1. The van der Waals surface area contributed by atoms with Crippen LogP contribution in [0.1, 0.15) is 18.1 Å². The van der Waals surface area contributed by atoms with Gasteiger partial charge in [-0.2, -0.15) is 0 Å². The van der Waals surface area contributed by atoms with E-state index in [0.29, 0.717) is 10.1 Å². The highest BCUT2D eigenvalue weighted by Crippen LogP contribution is 2.22. The molecule has 0 aliphatic rings. The summed E-state index contributed by atoms with van der Waals surface area (Å²) in [4.78, 5) is 12.1. The van der Waals surface area contributed by atoms with Gasteiger partial charge in [0.2, 0.25) is 5.91 Å². The number of carbonyl (C=O) groups excluding carboxylic acids is 1. The smallest absolute Gasteiger partial charge is 0.243 e. The third kappa shape index (κ3) is 4.94. The molecule has 0 unspecified atom stereocenters. The summed E-state index contributed by atoms with van der Waals surface area (Å²) in [6.45, 7) is 4.04. The van der Waals surface area contributed by atoms with Crippen LogP contribution in [0.5, 0.6) is 0 Å². The number of carbonyl (C=O) groups is 1. The van der Waals surface area contributed by atoms with Crippen LogP contribution in [-0.4, -0.2) is 17.6 Å². The Kier molecular flexibility index (Phi) is 6.58. The second-order valence-corrected chi connectivity index (χ2v) is 6.09. The lowest BCUT2D eigenvalue weighted by molar-refractivity contribution is -0.115. The van der Waals surface area contributed by atoms with Crippen LogP contribution in [0, 0.1) is 6.92 Å². The zero-order valence-corrected chi connectivity index (χ0v) is 15.2. The molecule has 24 heavy (non-hydrogen) atoms. The van der Waals surface area contributed by atoms with Crippen LogP contribution in [0.4, 0.5) is 11.4 Å². The van der Waals surface area contributed by atoms with Crippen molar-refractivity contribution in [3.05, 3.63) is 58.6 Å². The molecule has 0 saturated carbocycles. The third-order valence-electron chi connectivity index (χ3n) is 3.60. The van der Waals surface area contributed by atoms with Crippen molar-refractivity contribution in [3.8, 4) is 0 Å². The first-order valence-electron chi connectivity index (χ1n) is 7.69. The van der Waals surface area contributed by atoms with Gasteiger partial charge < -0.3 is 16.0 Å². The first-order chi connectivity index (χ1) is 11.5. The minimum Gasteiger partial charge on any atom is -0.353 e. The Balaban J connectivity index is 1.87. The lowest BCUT2D eigenvalue weighted by Gasteiger charge is -2.14. The number of anilines is 2. The monoisotopic (exact) mass is 361 g/mol. The Hall–Kier alpha value is -2.11. The fourth-order valence-electron chi connectivity index (χ4n) is 2.21. The van der Waals surface area contributed by atoms with Gasteiger partial charge in [-0.1, -0.05) is 42.8 Å².